The minimum atomic E-state index is -0.412. The fourth-order valence-corrected chi connectivity index (χ4v) is 3.75. The number of anilines is 1. The summed E-state index contributed by atoms with van der Waals surface area (Å²) >= 11 is 10.7. The maximum Gasteiger partial charge on any atom is 0.264 e. The van der Waals surface area contributed by atoms with Gasteiger partial charge in [0.1, 0.15) is 0 Å². The lowest BCUT2D eigenvalue weighted by Crippen LogP contribution is -2.34. The zero-order valence-corrected chi connectivity index (χ0v) is 18.2. The first kappa shape index (κ1) is 21.4. The number of hydrogen-bond acceptors (Lipinski definition) is 4. The highest BCUT2D eigenvalue weighted by Gasteiger charge is 2.18. The standard InChI is InChI=1S/C18H19BrClN3O3S/c1-10(2)21-17(25)11-4-5-12(20)13(8-11)22-16(24)9-23(3)18(26)14-6-7-15(19)27-14/h4-8,10H,9H2,1-3H3,(H,21,25)(H,22,24). The number of nitrogens with one attached hydrogen (secondary N) is 2. The molecule has 2 aromatic rings. The summed E-state index contributed by atoms with van der Waals surface area (Å²) in [6, 6.07) is 8.10. The Morgan fingerprint density at radius 2 is 1.93 bits per heavy atom. The lowest BCUT2D eigenvalue weighted by atomic mass is 10.1. The molecule has 0 saturated carbocycles. The number of amides is 3. The highest BCUT2D eigenvalue weighted by molar-refractivity contribution is 9.11. The molecule has 27 heavy (non-hydrogen) atoms. The summed E-state index contributed by atoms with van der Waals surface area (Å²) in [6.07, 6.45) is 0. The van der Waals surface area contributed by atoms with Crippen molar-refractivity contribution in [2.75, 3.05) is 18.9 Å². The Bertz CT molecular complexity index is 869. The van der Waals surface area contributed by atoms with Crippen molar-refractivity contribution in [1.82, 2.24) is 10.2 Å². The smallest absolute Gasteiger partial charge is 0.264 e. The van der Waals surface area contributed by atoms with Crippen LogP contribution in [-0.2, 0) is 4.79 Å². The van der Waals surface area contributed by atoms with Crippen molar-refractivity contribution in [2.45, 2.75) is 19.9 Å². The number of benzene rings is 1. The molecule has 0 aliphatic rings. The Labute approximate surface area is 175 Å². The van der Waals surface area contributed by atoms with Crippen molar-refractivity contribution in [2.24, 2.45) is 0 Å². The number of halogens is 2. The fourth-order valence-electron chi connectivity index (χ4n) is 2.20. The van der Waals surface area contributed by atoms with Crippen LogP contribution in [-0.4, -0.2) is 42.3 Å². The van der Waals surface area contributed by atoms with Gasteiger partial charge in [-0.15, -0.1) is 11.3 Å². The number of thiophene rings is 1. The second-order valence-electron chi connectivity index (χ2n) is 6.14. The minimum Gasteiger partial charge on any atom is -0.350 e. The largest absolute Gasteiger partial charge is 0.350 e. The van der Waals surface area contributed by atoms with E-state index in [1.165, 1.54) is 22.3 Å². The van der Waals surface area contributed by atoms with Crippen LogP contribution in [0.15, 0.2) is 34.1 Å². The molecule has 1 aromatic heterocycles. The molecular formula is C18H19BrClN3O3S. The predicted octanol–water partition coefficient (Wildman–Crippen LogP) is 4.01. The molecule has 6 nitrogen and oxygen atoms in total. The van der Waals surface area contributed by atoms with E-state index in [0.717, 1.165) is 3.79 Å². The van der Waals surface area contributed by atoms with Crippen LogP contribution >= 0.6 is 38.9 Å². The third kappa shape index (κ3) is 6.05. The number of carbonyl (C=O) groups excluding carboxylic acids is 3. The molecule has 0 spiro atoms. The molecule has 2 N–H and O–H groups in total. The number of hydrogen-bond donors (Lipinski definition) is 2. The molecule has 0 atom stereocenters. The first-order valence-electron chi connectivity index (χ1n) is 8.08. The summed E-state index contributed by atoms with van der Waals surface area (Å²) in [5.41, 5.74) is 0.703. The molecule has 0 aliphatic heterocycles. The topological polar surface area (TPSA) is 78.5 Å². The highest BCUT2D eigenvalue weighted by Crippen LogP contribution is 2.24. The second-order valence-corrected chi connectivity index (χ2v) is 9.01. The second kappa shape index (κ2) is 9.34. The quantitative estimate of drug-likeness (QED) is 0.667. The molecule has 144 valence electrons. The Morgan fingerprint density at radius 3 is 2.52 bits per heavy atom. The van der Waals surface area contributed by atoms with E-state index in [1.807, 2.05) is 13.8 Å². The Kier molecular flexibility index (Phi) is 7.41. The lowest BCUT2D eigenvalue weighted by molar-refractivity contribution is -0.116. The summed E-state index contributed by atoms with van der Waals surface area (Å²) in [7, 11) is 1.55. The number of likely N-dealkylation sites (N-methyl/N-ethyl adjacent to an activating group) is 1. The van der Waals surface area contributed by atoms with Gasteiger partial charge in [-0.1, -0.05) is 11.6 Å². The van der Waals surface area contributed by atoms with Crippen molar-refractivity contribution < 1.29 is 14.4 Å². The lowest BCUT2D eigenvalue weighted by Gasteiger charge is -2.17. The first-order valence-corrected chi connectivity index (χ1v) is 10.1. The van der Waals surface area contributed by atoms with Gasteiger partial charge in [0, 0.05) is 18.7 Å². The highest BCUT2D eigenvalue weighted by atomic mass is 79.9. The van der Waals surface area contributed by atoms with E-state index in [4.69, 9.17) is 11.6 Å². The van der Waals surface area contributed by atoms with Gasteiger partial charge in [-0.25, -0.2) is 0 Å². The van der Waals surface area contributed by atoms with Gasteiger partial charge in [0.2, 0.25) is 5.91 Å². The van der Waals surface area contributed by atoms with Crippen molar-refractivity contribution in [1.29, 1.82) is 0 Å². The van der Waals surface area contributed by atoms with Gasteiger partial charge in [0.25, 0.3) is 11.8 Å². The van der Waals surface area contributed by atoms with Gasteiger partial charge in [0.15, 0.2) is 0 Å². The molecule has 0 saturated heterocycles. The summed E-state index contributed by atoms with van der Waals surface area (Å²) in [5, 5.41) is 5.73. The van der Waals surface area contributed by atoms with E-state index in [-0.39, 0.29) is 24.4 Å². The molecule has 0 radical (unpaired) electrons. The van der Waals surface area contributed by atoms with E-state index in [9.17, 15) is 14.4 Å². The maximum absolute atomic E-state index is 12.3. The van der Waals surface area contributed by atoms with E-state index < -0.39 is 5.91 Å². The van der Waals surface area contributed by atoms with Crippen LogP contribution in [0, 0.1) is 0 Å². The SMILES string of the molecule is CC(C)NC(=O)c1ccc(Cl)c(NC(=O)CN(C)C(=O)c2ccc(Br)s2)c1. The van der Waals surface area contributed by atoms with Crippen LogP contribution in [0.3, 0.4) is 0 Å². The van der Waals surface area contributed by atoms with Gasteiger partial charge in [0.05, 0.1) is 25.9 Å². The molecular weight excluding hydrogens is 454 g/mol. The van der Waals surface area contributed by atoms with Crippen LogP contribution in [0.2, 0.25) is 5.02 Å². The van der Waals surface area contributed by atoms with E-state index in [1.54, 1.807) is 31.3 Å². The first-order chi connectivity index (χ1) is 12.7. The molecule has 0 aliphatic carbocycles. The summed E-state index contributed by atoms with van der Waals surface area (Å²) in [6.45, 7) is 3.57. The van der Waals surface area contributed by atoms with Crippen LogP contribution < -0.4 is 10.6 Å². The third-order valence-corrected chi connectivity index (χ3v) is 5.38. The van der Waals surface area contributed by atoms with Gasteiger partial charge in [-0.05, 0) is 60.1 Å². The predicted molar refractivity (Wildman–Crippen MR) is 112 cm³/mol. The average molecular weight is 473 g/mol. The summed E-state index contributed by atoms with van der Waals surface area (Å²) in [4.78, 5) is 38.6. The van der Waals surface area contributed by atoms with Crippen LogP contribution in [0.4, 0.5) is 5.69 Å². The number of nitrogens with zero attached hydrogens (tertiary/aromatic N) is 1. The molecule has 2 rings (SSSR count). The third-order valence-electron chi connectivity index (χ3n) is 3.43. The Hall–Kier alpha value is -1.90. The number of rotatable bonds is 6. The van der Waals surface area contributed by atoms with Gasteiger partial charge in [-0.3, -0.25) is 14.4 Å². The molecule has 0 unspecified atom stereocenters. The fraction of sp³-hybridized carbons (Fsp3) is 0.278. The number of carbonyl (C=O) groups is 3. The monoisotopic (exact) mass is 471 g/mol. The minimum absolute atomic E-state index is 0.0110. The van der Waals surface area contributed by atoms with Crippen molar-refractivity contribution in [3.63, 3.8) is 0 Å². The molecule has 1 heterocycles. The van der Waals surface area contributed by atoms with Crippen molar-refractivity contribution >= 4 is 62.3 Å². The van der Waals surface area contributed by atoms with Crippen LogP contribution in [0.5, 0.6) is 0 Å². The van der Waals surface area contributed by atoms with E-state index in [2.05, 4.69) is 26.6 Å². The van der Waals surface area contributed by atoms with Gasteiger partial charge >= 0.3 is 0 Å². The van der Waals surface area contributed by atoms with Crippen LogP contribution in [0.1, 0.15) is 33.9 Å². The van der Waals surface area contributed by atoms with E-state index >= 15 is 0 Å². The van der Waals surface area contributed by atoms with Gasteiger partial charge in [-0.2, -0.15) is 0 Å². The Morgan fingerprint density at radius 1 is 1.22 bits per heavy atom. The zero-order chi connectivity index (χ0) is 20.1. The normalized spacial score (nSPS) is 10.6. The van der Waals surface area contributed by atoms with Gasteiger partial charge < -0.3 is 15.5 Å². The van der Waals surface area contributed by atoms with Crippen molar-refractivity contribution in [3.8, 4) is 0 Å². The van der Waals surface area contributed by atoms with E-state index in [0.29, 0.717) is 21.2 Å². The molecule has 0 bridgehead atoms. The molecule has 1 aromatic carbocycles. The van der Waals surface area contributed by atoms with Crippen molar-refractivity contribution in [3.05, 3.63) is 49.6 Å². The zero-order valence-electron chi connectivity index (χ0n) is 15.0. The average Bonchev–Trinajstić information content (AvgIpc) is 3.01. The Balaban J connectivity index is 2.04. The summed E-state index contributed by atoms with van der Waals surface area (Å²) < 4.78 is 0.840. The molecule has 9 heteroatoms. The maximum atomic E-state index is 12.3. The molecule has 0 fully saturated rings. The molecule has 3 amide bonds. The van der Waals surface area contributed by atoms with Crippen LogP contribution in [0.25, 0.3) is 0 Å². The summed E-state index contributed by atoms with van der Waals surface area (Å²) in [5.74, 6) is -0.922.